The van der Waals surface area contributed by atoms with E-state index in [-0.39, 0.29) is 25.4 Å². The van der Waals surface area contributed by atoms with Crippen molar-refractivity contribution in [1.29, 1.82) is 0 Å². The van der Waals surface area contributed by atoms with Crippen molar-refractivity contribution in [3.8, 4) is 5.75 Å². The van der Waals surface area contributed by atoms with E-state index in [1.54, 1.807) is 48.5 Å². The van der Waals surface area contributed by atoms with Gasteiger partial charge in [-0.2, -0.15) is 0 Å². The lowest BCUT2D eigenvalue weighted by molar-refractivity contribution is -0.384. The molecule has 0 unspecified atom stereocenters. The third-order valence-electron chi connectivity index (χ3n) is 4.80. The Labute approximate surface area is 211 Å². The molecular formula is C25H23N3O7S. The average Bonchev–Trinajstić information content (AvgIpc) is 2.90. The molecule has 186 valence electrons. The lowest BCUT2D eigenvalue weighted by Gasteiger charge is -2.09. The molecule has 2 amide bonds. The zero-order valence-corrected chi connectivity index (χ0v) is 20.1. The highest BCUT2D eigenvalue weighted by molar-refractivity contribution is 7.99. The summed E-state index contributed by atoms with van der Waals surface area (Å²) in [5.74, 6) is -0.957. The van der Waals surface area contributed by atoms with Gasteiger partial charge in [-0.25, -0.2) is 0 Å². The monoisotopic (exact) mass is 509 g/mol. The molecule has 3 aromatic carbocycles. The fourth-order valence-corrected chi connectivity index (χ4v) is 3.70. The summed E-state index contributed by atoms with van der Waals surface area (Å²) in [6, 6.07) is 20.0. The van der Waals surface area contributed by atoms with Crippen molar-refractivity contribution >= 4 is 35.2 Å². The molecule has 3 aromatic rings. The standard InChI is InChI=1S/C25H23N3O7S/c1-34-20-8-4-18(5-9-20)25(31)27-14-23(29)26-15-24(30)35-16-17-2-10-21(11-3-17)36-22-12-6-19(7-13-22)28(32)33/h2-13H,14-16H2,1H3,(H,26,29)(H,27,31). The highest BCUT2D eigenvalue weighted by Gasteiger charge is 2.11. The normalized spacial score (nSPS) is 10.2. The SMILES string of the molecule is COc1ccc(C(=O)NCC(=O)NCC(=O)OCc2ccc(Sc3ccc([N+](=O)[O-])cc3)cc2)cc1. The van der Waals surface area contributed by atoms with Crippen LogP contribution in [0.2, 0.25) is 0 Å². The first-order valence-electron chi connectivity index (χ1n) is 10.7. The summed E-state index contributed by atoms with van der Waals surface area (Å²) in [5.41, 5.74) is 1.17. The van der Waals surface area contributed by atoms with E-state index in [0.717, 1.165) is 15.4 Å². The van der Waals surface area contributed by atoms with Gasteiger partial charge in [0.05, 0.1) is 18.6 Å². The molecule has 0 radical (unpaired) electrons. The van der Waals surface area contributed by atoms with Gasteiger partial charge < -0.3 is 20.1 Å². The van der Waals surface area contributed by atoms with Crippen molar-refractivity contribution in [2.24, 2.45) is 0 Å². The third-order valence-corrected chi connectivity index (χ3v) is 5.81. The number of esters is 1. The first kappa shape index (κ1) is 26.2. The molecule has 10 nitrogen and oxygen atoms in total. The van der Waals surface area contributed by atoms with E-state index >= 15 is 0 Å². The van der Waals surface area contributed by atoms with Crippen molar-refractivity contribution in [1.82, 2.24) is 10.6 Å². The van der Waals surface area contributed by atoms with Crippen molar-refractivity contribution in [3.63, 3.8) is 0 Å². The number of nitro benzene ring substituents is 1. The van der Waals surface area contributed by atoms with E-state index in [4.69, 9.17) is 9.47 Å². The number of methoxy groups -OCH3 is 1. The Kier molecular flexibility index (Phi) is 9.40. The lowest BCUT2D eigenvalue weighted by atomic mass is 10.2. The van der Waals surface area contributed by atoms with Crippen LogP contribution in [-0.4, -0.2) is 42.9 Å². The summed E-state index contributed by atoms with van der Waals surface area (Å²) in [7, 11) is 1.52. The second-order valence-electron chi connectivity index (χ2n) is 7.35. The molecule has 11 heteroatoms. The number of amides is 2. The smallest absolute Gasteiger partial charge is 0.325 e. The molecule has 36 heavy (non-hydrogen) atoms. The van der Waals surface area contributed by atoms with E-state index in [9.17, 15) is 24.5 Å². The summed E-state index contributed by atoms with van der Waals surface area (Å²) in [4.78, 5) is 48.0. The molecule has 0 spiro atoms. The Morgan fingerprint density at radius 1 is 0.861 bits per heavy atom. The minimum absolute atomic E-state index is 0.0331. The average molecular weight is 510 g/mol. The molecule has 0 aliphatic heterocycles. The second kappa shape index (κ2) is 12.9. The van der Waals surface area contributed by atoms with Gasteiger partial charge in [-0.3, -0.25) is 24.5 Å². The van der Waals surface area contributed by atoms with Gasteiger partial charge in [-0.05, 0) is 54.1 Å². The molecule has 0 atom stereocenters. The first-order valence-corrected chi connectivity index (χ1v) is 11.5. The predicted octanol–water partition coefficient (Wildman–Crippen LogP) is 3.34. The zero-order valence-electron chi connectivity index (χ0n) is 19.3. The Morgan fingerprint density at radius 3 is 2.06 bits per heavy atom. The summed E-state index contributed by atoms with van der Waals surface area (Å²) in [6.07, 6.45) is 0. The fourth-order valence-electron chi connectivity index (χ4n) is 2.88. The fraction of sp³-hybridized carbons (Fsp3) is 0.160. The first-order chi connectivity index (χ1) is 17.3. The number of benzene rings is 3. The number of nitro groups is 1. The summed E-state index contributed by atoms with van der Waals surface area (Å²) in [5, 5.41) is 15.6. The molecule has 3 rings (SSSR count). The molecule has 0 aromatic heterocycles. The number of nitrogens with zero attached hydrogens (tertiary/aromatic N) is 1. The summed E-state index contributed by atoms with van der Waals surface area (Å²) in [6.45, 7) is -0.581. The minimum atomic E-state index is -0.617. The van der Waals surface area contributed by atoms with Gasteiger partial charge in [-0.15, -0.1) is 0 Å². The van der Waals surface area contributed by atoms with Crippen LogP contribution in [0.25, 0.3) is 0 Å². The Hall–Kier alpha value is -4.38. The number of ether oxygens (including phenoxy) is 2. The highest BCUT2D eigenvalue weighted by Crippen LogP contribution is 2.29. The Bertz CT molecular complexity index is 1210. The minimum Gasteiger partial charge on any atom is -0.497 e. The number of nitrogens with one attached hydrogen (secondary N) is 2. The van der Waals surface area contributed by atoms with Crippen molar-refractivity contribution < 1.29 is 28.8 Å². The molecule has 0 fully saturated rings. The molecule has 0 saturated carbocycles. The van der Waals surface area contributed by atoms with Crippen molar-refractivity contribution in [2.75, 3.05) is 20.2 Å². The van der Waals surface area contributed by atoms with E-state index in [0.29, 0.717) is 11.3 Å². The van der Waals surface area contributed by atoms with Gasteiger partial charge in [0, 0.05) is 27.5 Å². The number of hydrogen-bond acceptors (Lipinski definition) is 8. The van der Waals surface area contributed by atoms with Crippen molar-refractivity contribution in [3.05, 3.63) is 94.0 Å². The molecule has 2 N–H and O–H groups in total. The maximum absolute atomic E-state index is 12.1. The molecule has 0 heterocycles. The topological polar surface area (TPSA) is 137 Å². The van der Waals surface area contributed by atoms with Crippen LogP contribution in [0.4, 0.5) is 5.69 Å². The van der Waals surface area contributed by atoms with Crippen LogP contribution >= 0.6 is 11.8 Å². The maximum atomic E-state index is 12.1. The number of non-ortho nitro benzene ring substituents is 1. The molecule has 0 saturated heterocycles. The number of carbonyl (C=O) groups excluding carboxylic acids is 3. The van der Waals surface area contributed by atoms with Crippen LogP contribution in [0, 0.1) is 10.1 Å². The van der Waals surface area contributed by atoms with E-state index in [1.165, 1.54) is 31.0 Å². The van der Waals surface area contributed by atoms with E-state index in [2.05, 4.69) is 10.6 Å². The van der Waals surface area contributed by atoms with Crippen LogP contribution < -0.4 is 15.4 Å². The van der Waals surface area contributed by atoms with Gasteiger partial charge in [0.15, 0.2) is 0 Å². The predicted molar refractivity (Wildman–Crippen MR) is 132 cm³/mol. The van der Waals surface area contributed by atoms with Crippen LogP contribution in [0.3, 0.4) is 0 Å². The highest BCUT2D eigenvalue weighted by atomic mass is 32.2. The molecule has 0 aliphatic carbocycles. The number of carbonyl (C=O) groups is 3. The maximum Gasteiger partial charge on any atom is 0.325 e. The van der Waals surface area contributed by atoms with Crippen LogP contribution in [-0.2, 0) is 20.9 Å². The van der Waals surface area contributed by atoms with Gasteiger partial charge in [-0.1, -0.05) is 23.9 Å². The lowest BCUT2D eigenvalue weighted by Crippen LogP contribution is -2.39. The van der Waals surface area contributed by atoms with Gasteiger partial charge >= 0.3 is 5.97 Å². The van der Waals surface area contributed by atoms with E-state index in [1.807, 2.05) is 12.1 Å². The molecule has 0 aliphatic rings. The Balaban J connectivity index is 1.35. The second-order valence-corrected chi connectivity index (χ2v) is 8.49. The molecular weight excluding hydrogens is 486 g/mol. The van der Waals surface area contributed by atoms with Crippen LogP contribution in [0.1, 0.15) is 15.9 Å². The number of hydrogen-bond donors (Lipinski definition) is 2. The van der Waals surface area contributed by atoms with Gasteiger partial charge in [0.2, 0.25) is 5.91 Å². The van der Waals surface area contributed by atoms with Gasteiger partial charge in [0.25, 0.3) is 11.6 Å². The zero-order chi connectivity index (χ0) is 25.9. The van der Waals surface area contributed by atoms with Gasteiger partial charge in [0.1, 0.15) is 18.9 Å². The molecule has 0 bridgehead atoms. The van der Waals surface area contributed by atoms with Crippen LogP contribution in [0.15, 0.2) is 82.6 Å². The quantitative estimate of drug-likeness (QED) is 0.228. The summed E-state index contributed by atoms with van der Waals surface area (Å²) >= 11 is 1.45. The van der Waals surface area contributed by atoms with Crippen LogP contribution in [0.5, 0.6) is 5.75 Å². The third kappa shape index (κ3) is 8.13. The van der Waals surface area contributed by atoms with E-state index < -0.39 is 22.7 Å². The van der Waals surface area contributed by atoms with Crippen molar-refractivity contribution in [2.45, 2.75) is 16.4 Å². The Morgan fingerprint density at radius 2 is 1.47 bits per heavy atom. The number of rotatable bonds is 11. The summed E-state index contributed by atoms with van der Waals surface area (Å²) < 4.78 is 10.2. The largest absolute Gasteiger partial charge is 0.497 e.